The summed E-state index contributed by atoms with van der Waals surface area (Å²) in [6.45, 7) is 1.38. The Balaban J connectivity index is 1.59. The number of carbonyl (C=O) groups excluding carboxylic acids is 4. The maximum absolute atomic E-state index is 13.0. The number of benzene rings is 3. The highest BCUT2D eigenvalue weighted by atomic mass is 35.5. The molecule has 0 fully saturated rings. The molecule has 0 radical (unpaired) electrons. The molecule has 3 aromatic carbocycles. The van der Waals surface area contributed by atoms with Crippen LogP contribution in [-0.4, -0.2) is 34.5 Å². The summed E-state index contributed by atoms with van der Waals surface area (Å²) in [5, 5.41) is 14.9. The average Bonchev–Trinajstić information content (AvgIpc) is 2.85. The maximum Gasteiger partial charge on any atom is 0.345 e. The van der Waals surface area contributed by atoms with Gasteiger partial charge in [-0.2, -0.15) is 0 Å². The van der Waals surface area contributed by atoms with Crippen molar-refractivity contribution in [1.29, 1.82) is 0 Å². The van der Waals surface area contributed by atoms with Crippen molar-refractivity contribution in [3.63, 3.8) is 0 Å². The fourth-order valence-electron chi connectivity index (χ4n) is 3.77. The van der Waals surface area contributed by atoms with Crippen LogP contribution in [0.3, 0.4) is 0 Å². The number of nitro groups is 1. The van der Waals surface area contributed by atoms with Crippen LogP contribution >= 0.6 is 11.6 Å². The summed E-state index contributed by atoms with van der Waals surface area (Å²) in [6, 6.07) is 15.0. The Morgan fingerprint density at radius 1 is 0.971 bits per heavy atom. The molecule has 0 saturated carbocycles. The van der Waals surface area contributed by atoms with E-state index in [9.17, 15) is 29.3 Å². The quantitative estimate of drug-likeness (QED) is 0.245. The largest absolute Gasteiger partial charge is 0.449 e. The molecule has 9 nitrogen and oxygen atoms in total. The number of hydrogen-bond acceptors (Lipinski definition) is 7. The molecule has 0 spiro atoms. The van der Waals surface area contributed by atoms with Crippen LogP contribution in [0.15, 0.2) is 60.7 Å². The van der Waals surface area contributed by atoms with Gasteiger partial charge in [-0.3, -0.25) is 24.5 Å². The van der Waals surface area contributed by atoms with E-state index in [0.29, 0.717) is 10.6 Å². The first-order chi connectivity index (χ1) is 16.7. The van der Waals surface area contributed by atoms with Gasteiger partial charge in [-0.25, -0.2) is 4.79 Å². The van der Waals surface area contributed by atoms with E-state index in [4.69, 9.17) is 16.3 Å². The van der Waals surface area contributed by atoms with Crippen LogP contribution in [0.1, 0.15) is 54.7 Å². The summed E-state index contributed by atoms with van der Waals surface area (Å²) < 4.78 is 5.15. The average molecular weight is 493 g/mol. The summed E-state index contributed by atoms with van der Waals surface area (Å²) in [6.07, 6.45) is -1.31. The molecule has 1 unspecified atom stereocenters. The number of carbonyl (C=O) groups is 4. The molecule has 1 N–H and O–H groups in total. The number of amides is 1. The highest BCUT2D eigenvalue weighted by Crippen LogP contribution is 2.35. The SMILES string of the molecule is CC(OC(=O)c1ccc2c(c1[N+](=O)[O-])C(=O)c1ccccc1C2=O)C(=O)NCc1ccccc1Cl. The molecule has 1 amide bonds. The summed E-state index contributed by atoms with van der Waals surface area (Å²) in [5.74, 6) is -3.15. The maximum atomic E-state index is 13.0. The van der Waals surface area contributed by atoms with Crippen molar-refractivity contribution in [2.45, 2.75) is 19.6 Å². The van der Waals surface area contributed by atoms with Crippen molar-refractivity contribution in [2.24, 2.45) is 0 Å². The van der Waals surface area contributed by atoms with Gasteiger partial charge >= 0.3 is 5.97 Å². The number of ether oxygens (including phenoxy) is 1. The van der Waals surface area contributed by atoms with Crippen molar-refractivity contribution in [2.75, 3.05) is 0 Å². The molecular formula is C25H17ClN2O7. The van der Waals surface area contributed by atoms with E-state index in [2.05, 4.69) is 5.32 Å². The zero-order valence-corrected chi connectivity index (χ0v) is 19.0. The van der Waals surface area contributed by atoms with E-state index in [0.717, 1.165) is 6.07 Å². The molecule has 0 aliphatic heterocycles. The lowest BCUT2D eigenvalue weighted by Gasteiger charge is -2.19. The highest BCUT2D eigenvalue weighted by molar-refractivity contribution is 6.31. The lowest BCUT2D eigenvalue weighted by atomic mass is 9.82. The van der Waals surface area contributed by atoms with Crippen molar-refractivity contribution in [3.8, 4) is 0 Å². The Kier molecular flexibility index (Phi) is 6.44. The van der Waals surface area contributed by atoms with Gasteiger partial charge in [0.2, 0.25) is 5.78 Å². The number of nitro benzene ring substituents is 1. The molecule has 3 aromatic rings. The van der Waals surface area contributed by atoms with Gasteiger partial charge in [0.25, 0.3) is 11.6 Å². The molecule has 0 saturated heterocycles. The molecule has 0 heterocycles. The number of fused-ring (bicyclic) bond motifs is 2. The summed E-state index contributed by atoms with van der Waals surface area (Å²) in [4.78, 5) is 62.1. The molecule has 0 aromatic heterocycles. The summed E-state index contributed by atoms with van der Waals surface area (Å²) in [7, 11) is 0. The number of esters is 1. The number of nitrogens with one attached hydrogen (secondary N) is 1. The number of nitrogens with zero attached hydrogens (tertiary/aromatic N) is 1. The van der Waals surface area contributed by atoms with Crippen molar-refractivity contribution in [3.05, 3.63) is 109 Å². The predicted octanol–water partition coefficient (Wildman–Crippen LogP) is 3.89. The third kappa shape index (κ3) is 4.41. The second kappa shape index (κ2) is 9.47. The van der Waals surface area contributed by atoms with Crippen LogP contribution < -0.4 is 5.32 Å². The van der Waals surface area contributed by atoms with Crippen LogP contribution in [0.4, 0.5) is 5.69 Å². The zero-order valence-electron chi connectivity index (χ0n) is 18.2. The smallest absolute Gasteiger partial charge is 0.345 e. The minimum atomic E-state index is -1.31. The molecule has 1 aliphatic rings. The molecule has 0 bridgehead atoms. The van der Waals surface area contributed by atoms with E-state index in [-0.39, 0.29) is 23.2 Å². The van der Waals surface area contributed by atoms with Gasteiger partial charge in [0.1, 0.15) is 11.1 Å². The van der Waals surface area contributed by atoms with Gasteiger partial charge in [0.15, 0.2) is 11.9 Å². The molecular weight excluding hydrogens is 476 g/mol. The fourth-order valence-corrected chi connectivity index (χ4v) is 3.97. The van der Waals surface area contributed by atoms with Gasteiger partial charge in [0.05, 0.1) is 4.92 Å². The zero-order chi connectivity index (χ0) is 25.3. The summed E-state index contributed by atoms with van der Waals surface area (Å²) >= 11 is 6.06. The van der Waals surface area contributed by atoms with Gasteiger partial charge in [-0.1, -0.05) is 54.1 Å². The lowest BCUT2D eigenvalue weighted by Crippen LogP contribution is -2.35. The first-order valence-corrected chi connectivity index (χ1v) is 10.8. The van der Waals surface area contributed by atoms with Crippen molar-refractivity contribution >= 4 is 40.7 Å². The highest BCUT2D eigenvalue weighted by Gasteiger charge is 2.39. The third-order valence-electron chi connectivity index (χ3n) is 5.53. The molecule has 10 heteroatoms. The lowest BCUT2D eigenvalue weighted by molar-refractivity contribution is -0.385. The van der Waals surface area contributed by atoms with E-state index >= 15 is 0 Å². The normalized spacial score (nSPS) is 12.9. The first kappa shape index (κ1) is 23.8. The Labute approximate surface area is 203 Å². The van der Waals surface area contributed by atoms with Gasteiger partial charge < -0.3 is 10.1 Å². The molecule has 4 rings (SSSR count). The molecule has 176 valence electrons. The predicted molar refractivity (Wildman–Crippen MR) is 125 cm³/mol. The second-order valence-electron chi connectivity index (χ2n) is 7.70. The molecule has 1 atom stereocenters. The molecule has 35 heavy (non-hydrogen) atoms. The number of ketones is 2. The third-order valence-corrected chi connectivity index (χ3v) is 5.90. The van der Waals surface area contributed by atoms with E-state index in [1.807, 2.05) is 0 Å². The monoisotopic (exact) mass is 492 g/mol. The fraction of sp³-hybridized carbons (Fsp3) is 0.120. The topological polar surface area (TPSA) is 133 Å². The summed E-state index contributed by atoms with van der Waals surface area (Å²) in [5.41, 5.74) is -1.27. The number of halogens is 1. The van der Waals surface area contributed by atoms with Crippen molar-refractivity contribution in [1.82, 2.24) is 5.32 Å². The van der Waals surface area contributed by atoms with Gasteiger partial charge in [0, 0.05) is 28.3 Å². The van der Waals surface area contributed by atoms with Crippen molar-refractivity contribution < 1.29 is 28.8 Å². The van der Waals surface area contributed by atoms with E-state index in [1.54, 1.807) is 30.3 Å². The Bertz CT molecular complexity index is 1420. The standard InChI is InChI=1S/C25H17ClN2O7/c1-13(24(31)27-12-14-6-2-5-9-19(14)26)35-25(32)18-11-10-17-20(21(18)28(33)34)23(30)16-8-4-3-7-15(16)22(17)29/h2-11,13H,12H2,1H3,(H,27,31). The van der Waals surface area contributed by atoms with Crippen LogP contribution in [-0.2, 0) is 16.1 Å². The van der Waals surface area contributed by atoms with E-state index < -0.39 is 51.3 Å². The first-order valence-electron chi connectivity index (χ1n) is 10.4. The molecule has 1 aliphatic carbocycles. The number of hydrogen-bond donors (Lipinski definition) is 1. The Hall–Kier alpha value is -4.37. The van der Waals surface area contributed by atoms with Gasteiger partial charge in [-0.05, 0) is 30.7 Å². The van der Waals surface area contributed by atoms with Crippen LogP contribution in [0.5, 0.6) is 0 Å². The Morgan fingerprint density at radius 2 is 1.60 bits per heavy atom. The minimum Gasteiger partial charge on any atom is -0.449 e. The van der Waals surface area contributed by atoms with Crippen LogP contribution in [0, 0.1) is 10.1 Å². The van der Waals surface area contributed by atoms with E-state index in [1.165, 1.54) is 31.2 Å². The second-order valence-corrected chi connectivity index (χ2v) is 8.11. The number of rotatable bonds is 6. The van der Waals surface area contributed by atoms with Crippen LogP contribution in [0.25, 0.3) is 0 Å². The Morgan fingerprint density at radius 3 is 2.26 bits per heavy atom. The minimum absolute atomic E-state index is 0.00550. The van der Waals surface area contributed by atoms with Crippen LogP contribution in [0.2, 0.25) is 5.02 Å². The van der Waals surface area contributed by atoms with Gasteiger partial charge in [-0.15, -0.1) is 0 Å².